The van der Waals surface area contributed by atoms with Crippen LogP contribution in [0.3, 0.4) is 0 Å². The van der Waals surface area contributed by atoms with Gasteiger partial charge in [0.1, 0.15) is 5.01 Å². The summed E-state index contributed by atoms with van der Waals surface area (Å²) >= 11 is 1.76. The van der Waals surface area contributed by atoms with Crippen LogP contribution in [-0.4, -0.2) is 4.98 Å². The molecule has 0 saturated heterocycles. The number of thiazole rings is 1. The van der Waals surface area contributed by atoms with E-state index >= 15 is 0 Å². The van der Waals surface area contributed by atoms with Crippen LogP contribution < -0.4 is 0 Å². The van der Waals surface area contributed by atoms with Gasteiger partial charge in [0, 0.05) is 17.5 Å². The molecule has 2 heteroatoms. The second-order valence-corrected chi connectivity index (χ2v) is 4.25. The van der Waals surface area contributed by atoms with Crippen molar-refractivity contribution >= 4 is 11.3 Å². The normalized spacial score (nSPS) is 19.2. The van der Waals surface area contributed by atoms with E-state index in [0.717, 1.165) is 0 Å². The Balaban J connectivity index is 2.02. The van der Waals surface area contributed by atoms with E-state index in [4.69, 9.17) is 0 Å². The minimum absolute atomic E-state index is 0.580. The molecule has 0 spiro atoms. The van der Waals surface area contributed by atoms with E-state index in [0.29, 0.717) is 5.92 Å². The molecule has 2 aromatic rings. The maximum Gasteiger partial charge on any atom is 0.100 e. The summed E-state index contributed by atoms with van der Waals surface area (Å²) in [5.74, 6) is 0.580. The Morgan fingerprint density at radius 1 is 1.31 bits per heavy atom. The average Bonchev–Trinajstić information content (AvgIpc) is 2.60. The lowest BCUT2D eigenvalue weighted by atomic mass is 9.78. The fraction of sp³-hybridized carbons (Fsp3) is 0.182. The zero-order chi connectivity index (χ0) is 8.67. The Kier molecular flexibility index (Phi) is 1.49. The first-order valence-corrected chi connectivity index (χ1v) is 5.30. The fourth-order valence-electron chi connectivity index (χ4n) is 1.89. The van der Waals surface area contributed by atoms with Crippen LogP contribution in [0.4, 0.5) is 0 Å². The van der Waals surface area contributed by atoms with Crippen LogP contribution >= 0.6 is 11.3 Å². The first-order valence-electron chi connectivity index (χ1n) is 4.42. The molecule has 1 aromatic heterocycles. The first-order chi connectivity index (χ1) is 6.45. The molecule has 1 nitrogen and oxygen atoms in total. The summed E-state index contributed by atoms with van der Waals surface area (Å²) < 4.78 is 0. The molecule has 64 valence electrons. The molecule has 3 rings (SSSR count). The van der Waals surface area contributed by atoms with Crippen molar-refractivity contribution in [2.45, 2.75) is 12.3 Å². The van der Waals surface area contributed by atoms with Crippen molar-refractivity contribution in [3.8, 4) is 0 Å². The molecule has 0 radical (unpaired) electrons. The topological polar surface area (TPSA) is 12.9 Å². The summed E-state index contributed by atoms with van der Waals surface area (Å²) in [5, 5.41) is 3.31. The molecule has 1 aliphatic rings. The zero-order valence-electron chi connectivity index (χ0n) is 7.10. The second kappa shape index (κ2) is 2.67. The van der Waals surface area contributed by atoms with Gasteiger partial charge in [0.15, 0.2) is 0 Å². The number of fused-ring (bicyclic) bond motifs is 1. The zero-order valence-corrected chi connectivity index (χ0v) is 7.92. The van der Waals surface area contributed by atoms with Crippen molar-refractivity contribution < 1.29 is 0 Å². The number of nitrogens with zero attached hydrogens (tertiary/aromatic N) is 1. The third-order valence-electron chi connectivity index (χ3n) is 2.60. The van der Waals surface area contributed by atoms with E-state index in [1.54, 1.807) is 11.3 Å². The number of rotatable bonds is 1. The summed E-state index contributed by atoms with van der Waals surface area (Å²) in [7, 11) is 0. The van der Waals surface area contributed by atoms with Gasteiger partial charge in [0.2, 0.25) is 0 Å². The third-order valence-corrected chi connectivity index (χ3v) is 3.49. The summed E-state index contributed by atoms with van der Waals surface area (Å²) in [4.78, 5) is 4.36. The van der Waals surface area contributed by atoms with E-state index in [9.17, 15) is 0 Å². The second-order valence-electron chi connectivity index (χ2n) is 3.33. The van der Waals surface area contributed by atoms with Crippen LogP contribution in [0.5, 0.6) is 0 Å². The predicted octanol–water partition coefficient (Wildman–Crippen LogP) is 2.83. The average molecular weight is 187 g/mol. The molecule has 13 heavy (non-hydrogen) atoms. The molecule has 0 saturated carbocycles. The molecular weight excluding hydrogens is 178 g/mol. The Bertz CT molecular complexity index is 419. The van der Waals surface area contributed by atoms with Gasteiger partial charge in [-0.1, -0.05) is 24.3 Å². The van der Waals surface area contributed by atoms with Crippen molar-refractivity contribution in [1.82, 2.24) is 4.98 Å². The van der Waals surface area contributed by atoms with Gasteiger partial charge in [0.05, 0.1) is 0 Å². The van der Waals surface area contributed by atoms with E-state index in [-0.39, 0.29) is 0 Å². The fourth-order valence-corrected chi connectivity index (χ4v) is 2.64. The third kappa shape index (κ3) is 1.02. The molecular formula is C11H9NS. The van der Waals surface area contributed by atoms with Gasteiger partial charge in [-0.2, -0.15) is 0 Å². The number of aromatic nitrogens is 1. The summed E-state index contributed by atoms with van der Waals surface area (Å²) in [5.41, 5.74) is 2.96. The molecule has 0 amide bonds. The van der Waals surface area contributed by atoms with Gasteiger partial charge in [-0.15, -0.1) is 11.3 Å². The smallest absolute Gasteiger partial charge is 0.100 e. The Hall–Kier alpha value is -1.15. The largest absolute Gasteiger partial charge is 0.249 e. The van der Waals surface area contributed by atoms with Gasteiger partial charge in [-0.3, -0.25) is 0 Å². The van der Waals surface area contributed by atoms with E-state index in [1.165, 1.54) is 22.6 Å². The Morgan fingerprint density at radius 3 is 3.00 bits per heavy atom. The SMILES string of the molecule is c1ccc2c(c1)CC2c1nccs1. The van der Waals surface area contributed by atoms with Crippen LogP contribution in [0.25, 0.3) is 0 Å². The monoisotopic (exact) mass is 187 g/mol. The molecule has 0 N–H and O–H groups in total. The summed E-state index contributed by atoms with van der Waals surface area (Å²) in [6.45, 7) is 0. The lowest BCUT2D eigenvalue weighted by Crippen LogP contribution is -2.17. The molecule has 1 aromatic carbocycles. The van der Waals surface area contributed by atoms with Gasteiger partial charge in [-0.25, -0.2) is 4.98 Å². The highest BCUT2D eigenvalue weighted by Crippen LogP contribution is 2.40. The summed E-state index contributed by atoms with van der Waals surface area (Å²) in [6.07, 6.45) is 3.06. The van der Waals surface area contributed by atoms with Crippen molar-refractivity contribution in [2.75, 3.05) is 0 Å². The minimum Gasteiger partial charge on any atom is -0.249 e. The standard InChI is InChI=1S/C11H9NS/c1-2-4-9-8(3-1)7-10(9)11-12-5-6-13-11/h1-6,10H,7H2. The molecule has 0 fully saturated rings. The van der Waals surface area contributed by atoms with E-state index < -0.39 is 0 Å². The molecule has 0 bridgehead atoms. The predicted molar refractivity (Wildman–Crippen MR) is 54.1 cm³/mol. The van der Waals surface area contributed by atoms with Crippen LogP contribution in [0.2, 0.25) is 0 Å². The molecule has 1 aliphatic carbocycles. The number of hydrogen-bond donors (Lipinski definition) is 0. The Morgan fingerprint density at radius 2 is 2.23 bits per heavy atom. The van der Waals surface area contributed by atoms with Crippen molar-refractivity contribution in [3.63, 3.8) is 0 Å². The van der Waals surface area contributed by atoms with E-state index in [2.05, 4.69) is 34.6 Å². The maximum absolute atomic E-state index is 4.36. The summed E-state index contributed by atoms with van der Waals surface area (Å²) in [6, 6.07) is 8.64. The lowest BCUT2D eigenvalue weighted by Gasteiger charge is -2.28. The number of benzene rings is 1. The van der Waals surface area contributed by atoms with E-state index in [1.807, 2.05) is 6.20 Å². The van der Waals surface area contributed by atoms with Gasteiger partial charge >= 0.3 is 0 Å². The molecule has 1 unspecified atom stereocenters. The van der Waals surface area contributed by atoms with Crippen molar-refractivity contribution in [2.24, 2.45) is 0 Å². The highest BCUT2D eigenvalue weighted by Gasteiger charge is 2.28. The van der Waals surface area contributed by atoms with Gasteiger partial charge in [-0.05, 0) is 17.5 Å². The lowest BCUT2D eigenvalue weighted by molar-refractivity contribution is 0.702. The Labute approximate surface area is 81.1 Å². The highest BCUT2D eigenvalue weighted by molar-refractivity contribution is 7.09. The van der Waals surface area contributed by atoms with Crippen LogP contribution in [-0.2, 0) is 6.42 Å². The van der Waals surface area contributed by atoms with Crippen molar-refractivity contribution in [1.29, 1.82) is 0 Å². The van der Waals surface area contributed by atoms with Crippen molar-refractivity contribution in [3.05, 3.63) is 52.0 Å². The van der Waals surface area contributed by atoms with Crippen LogP contribution in [0.15, 0.2) is 35.8 Å². The number of hydrogen-bond acceptors (Lipinski definition) is 2. The first kappa shape index (κ1) is 7.27. The molecule has 1 atom stereocenters. The minimum atomic E-state index is 0.580. The van der Waals surface area contributed by atoms with Gasteiger partial charge in [0.25, 0.3) is 0 Å². The highest BCUT2D eigenvalue weighted by atomic mass is 32.1. The quantitative estimate of drug-likeness (QED) is 0.669. The van der Waals surface area contributed by atoms with Crippen LogP contribution in [0, 0.1) is 0 Å². The van der Waals surface area contributed by atoms with Crippen LogP contribution in [0.1, 0.15) is 22.1 Å². The molecule has 1 heterocycles. The molecule has 0 aliphatic heterocycles. The maximum atomic E-state index is 4.36. The van der Waals surface area contributed by atoms with Gasteiger partial charge < -0.3 is 0 Å².